The largest absolute Gasteiger partial charge is 0.397 e. The summed E-state index contributed by atoms with van der Waals surface area (Å²) in [7, 11) is -3.26. The normalized spacial score (nSPS) is 14.8. The molecule has 1 fully saturated rings. The van der Waals surface area contributed by atoms with E-state index in [1.165, 1.54) is 18.3 Å². The topological polar surface area (TPSA) is 109 Å². The molecule has 1 atom stereocenters. The van der Waals surface area contributed by atoms with E-state index in [0.29, 0.717) is 32.6 Å². The SMILES string of the molecule is N=S(=O)(c1ccc(C(=O)Nc2cc(-c3ccc(F)cc3)ccc2N)cc1)c1cnccc1C1CC1. The predicted molar refractivity (Wildman–Crippen MR) is 134 cm³/mol. The number of nitrogens with two attached hydrogens (primary N) is 1. The van der Waals surface area contributed by atoms with Crippen LogP contribution in [0.1, 0.15) is 34.7 Å². The average Bonchev–Trinajstić information content (AvgIpc) is 3.71. The number of nitrogens with one attached hydrogen (secondary N) is 2. The number of nitrogen functional groups attached to an aromatic ring is 1. The van der Waals surface area contributed by atoms with E-state index in [4.69, 9.17) is 10.5 Å². The number of rotatable bonds is 6. The molecule has 0 saturated heterocycles. The van der Waals surface area contributed by atoms with E-state index >= 15 is 0 Å². The first-order chi connectivity index (χ1) is 16.8. The van der Waals surface area contributed by atoms with E-state index in [1.54, 1.807) is 60.8 Å². The number of pyridine rings is 1. The van der Waals surface area contributed by atoms with Gasteiger partial charge in [-0.2, -0.15) is 0 Å². The Balaban J connectivity index is 1.37. The number of hydrogen-bond acceptors (Lipinski definition) is 5. The molecular weight excluding hydrogens is 463 g/mol. The van der Waals surface area contributed by atoms with Crippen molar-refractivity contribution in [2.45, 2.75) is 28.6 Å². The molecule has 4 aromatic rings. The maximum atomic E-state index is 13.4. The third-order valence-corrected chi connectivity index (χ3v) is 7.97. The van der Waals surface area contributed by atoms with Crippen molar-refractivity contribution in [3.8, 4) is 11.1 Å². The van der Waals surface area contributed by atoms with Crippen molar-refractivity contribution in [2.75, 3.05) is 11.1 Å². The zero-order valence-corrected chi connectivity index (χ0v) is 19.5. The number of halogens is 1. The predicted octanol–water partition coefficient (Wildman–Crippen LogP) is 6.06. The van der Waals surface area contributed by atoms with Gasteiger partial charge in [-0.15, -0.1) is 0 Å². The molecule has 1 aliphatic carbocycles. The number of hydrogen-bond donors (Lipinski definition) is 3. The maximum absolute atomic E-state index is 13.4. The number of amides is 1. The van der Waals surface area contributed by atoms with Gasteiger partial charge in [0, 0.05) is 18.0 Å². The molecule has 0 aliphatic heterocycles. The van der Waals surface area contributed by atoms with E-state index < -0.39 is 15.6 Å². The van der Waals surface area contributed by atoms with Gasteiger partial charge in [0.15, 0.2) is 0 Å². The van der Waals surface area contributed by atoms with E-state index in [2.05, 4.69) is 10.3 Å². The van der Waals surface area contributed by atoms with Crippen molar-refractivity contribution in [1.82, 2.24) is 4.98 Å². The minimum atomic E-state index is -3.26. The van der Waals surface area contributed by atoms with Gasteiger partial charge in [0.2, 0.25) is 0 Å². The molecule has 35 heavy (non-hydrogen) atoms. The summed E-state index contributed by atoms with van der Waals surface area (Å²) in [4.78, 5) is 17.7. The van der Waals surface area contributed by atoms with Gasteiger partial charge >= 0.3 is 0 Å². The Morgan fingerprint density at radius 2 is 1.69 bits per heavy atom. The second-order valence-corrected chi connectivity index (χ2v) is 10.6. The fraction of sp³-hybridized carbons (Fsp3) is 0.111. The molecule has 1 aliphatic rings. The molecule has 3 aromatic carbocycles. The van der Waals surface area contributed by atoms with Gasteiger partial charge in [-0.25, -0.2) is 13.4 Å². The minimum absolute atomic E-state index is 0.321. The molecule has 8 heteroatoms. The van der Waals surface area contributed by atoms with Crippen LogP contribution in [0.25, 0.3) is 11.1 Å². The van der Waals surface area contributed by atoms with Crippen LogP contribution in [0, 0.1) is 10.6 Å². The van der Waals surface area contributed by atoms with Gasteiger partial charge in [0.05, 0.1) is 21.2 Å². The number of carbonyl (C=O) groups excluding carboxylic acids is 1. The smallest absolute Gasteiger partial charge is 0.255 e. The lowest BCUT2D eigenvalue weighted by Crippen LogP contribution is -2.13. The Labute approximate surface area is 203 Å². The first-order valence-electron chi connectivity index (χ1n) is 11.1. The van der Waals surface area contributed by atoms with Crippen molar-refractivity contribution >= 4 is 27.0 Å². The van der Waals surface area contributed by atoms with Crippen molar-refractivity contribution in [2.24, 2.45) is 0 Å². The van der Waals surface area contributed by atoms with Crippen LogP contribution in [0.2, 0.25) is 0 Å². The number of anilines is 2. The van der Waals surface area contributed by atoms with Crippen LogP contribution < -0.4 is 11.1 Å². The molecule has 1 unspecified atom stereocenters. The van der Waals surface area contributed by atoms with Crippen LogP contribution in [0.5, 0.6) is 0 Å². The third kappa shape index (κ3) is 4.65. The molecular formula is C27H23FN4O2S. The van der Waals surface area contributed by atoms with Crippen LogP contribution in [0.4, 0.5) is 15.8 Å². The molecule has 176 valence electrons. The molecule has 1 heterocycles. The van der Waals surface area contributed by atoms with E-state index in [-0.39, 0.29) is 5.82 Å². The summed E-state index contributed by atoms with van der Waals surface area (Å²) in [5.41, 5.74) is 9.70. The molecule has 0 bridgehead atoms. The summed E-state index contributed by atoms with van der Waals surface area (Å²) in [6, 6.07) is 19.3. The molecule has 1 aromatic heterocycles. The van der Waals surface area contributed by atoms with Crippen molar-refractivity contribution in [3.05, 3.63) is 102 Å². The number of aromatic nitrogens is 1. The summed E-state index contributed by atoms with van der Waals surface area (Å²) < 4.78 is 35.3. The molecule has 1 amide bonds. The quantitative estimate of drug-likeness (QED) is 0.288. The Bertz CT molecular complexity index is 1510. The lowest BCUT2D eigenvalue weighted by atomic mass is 10.0. The highest BCUT2D eigenvalue weighted by Gasteiger charge is 2.29. The van der Waals surface area contributed by atoms with E-state index in [0.717, 1.165) is 29.5 Å². The highest BCUT2D eigenvalue weighted by molar-refractivity contribution is 7.92. The van der Waals surface area contributed by atoms with Crippen LogP contribution in [-0.4, -0.2) is 15.1 Å². The summed E-state index contributed by atoms with van der Waals surface area (Å²) >= 11 is 0. The summed E-state index contributed by atoms with van der Waals surface area (Å²) in [6.45, 7) is 0. The standard InChI is InChI=1S/C27H23FN4O2S/c28-21-8-3-17(4-9-21)20-7-12-24(29)25(15-20)32-27(33)19-5-10-22(11-6-19)35(30,34)26-16-31-14-13-23(26)18-1-2-18/h3-16,18,30H,1-2,29H2,(H,32,33). The highest BCUT2D eigenvalue weighted by Crippen LogP contribution is 2.43. The Kier molecular flexibility index (Phi) is 5.82. The van der Waals surface area contributed by atoms with Crippen LogP contribution in [0.3, 0.4) is 0 Å². The Morgan fingerprint density at radius 1 is 1.00 bits per heavy atom. The Morgan fingerprint density at radius 3 is 2.37 bits per heavy atom. The summed E-state index contributed by atoms with van der Waals surface area (Å²) in [5.74, 6) is -0.388. The minimum Gasteiger partial charge on any atom is -0.397 e. The van der Waals surface area contributed by atoms with Gasteiger partial charge in [-0.05, 0) is 90.0 Å². The molecule has 1 saturated carbocycles. The number of benzene rings is 3. The zero-order valence-electron chi connectivity index (χ0n) is 18.7. The average molecular weight is 487 g/mol. The fourth-order valence-corrected chi connectivity index (χ4v) is 5.52. The Hall–Kier alpha value is -4.04. The lowest BCUT2D eigenvalue weighted by molar-refractivity contribution is 0.102. The first-order valence-corrected chi connectivity index (χ1v) is 12.7. The highest BCUT2D eigenvalue weighted by atomic mass is 32.2. The number of carbonyl (C=O) groups is 1. The lowest BCUT2D eigenvalue weighted by Gasteiger charge is -2.13. The molecule has 5 rings (SSSR count). The molecule has 0 spiro atoms. The summed E-state index contributed by atoms with van der Waals surface area (Å²) in [6.07, 6.45) is 5.23. The molecule has 0 radical (unpaired) electrons. The van der Waals surface area contributed by atoms with E-state index in [1.807, 2.05) is 6.07 Å². The van der Waals surface area contributed by atoms with Crippen LogP contribution >= 0.6 is 0 Å². The molecule has 6 nitrogen and oxygen atoms in total. The second kappa shape index (κ2) is 8.96. The monoisotopic (exact) mass is 486 g/mol. The van der Waals surface area contributed by atoms with Crippen LogP contribution in [0.15, 0.2) is 95.0 Å². The number of nitrogens with zero attached hydrogens (tertiary/aromatic N) is 1. The maximum Gasteiger partial charge on any atom is 0.255 e. The van der Waals surface area contributed by atoms with E-state index in [9.17, 15) is 13.4 Å². The van der Waals surface area contributed by atoms with Crippen molar-refractivity contribution in [1.29, 1.82) is 4.78 Å². The fourth-order valence-electron chi connectivity index (χ4n) is 3.97. The molecule has 4 N–H and O–H groups in total. The van der Waals surface area contributed by atoms with Crippen molar-refractivity contribution in [3.63, 3.8) is 0 Å². The van der Waals surface area contributed by atoms with Gasteiger partial charge in [-0.1, -0.05) is 18.2 Å². The van der Waals surface area contributed by atoms with Gasteiger partial charge < -0.3 is 11.1 Å². The zero-order chi connectivity index (χ0) is 24.6. The summed E-state index contributed by atoms with van der Waals surface area (Å²) in [5, 5.41) is 2.80. The first kappa shape index (κ1) is 22.7. The van der Waals surface area contributed by atoms with Crippen LogP contribution in [-0.2, 0) is 9.73 Å². The third-order valence-electron chi connectivity index (χ3n) is 6.07. The van der Waals surface area contributed by atoms with Gasteiger partial charge in [0.1, 0.15) is 15.5 Å². The second-order valence-electron chi connectivity index (χ2n) is 8.53. The van der Waals surface area contributed by atoms with Crippen molar-refractivity contribution < 1.29 is 13.4 Å². The van der Waals surface area contributed by atoms with Gasteiger partial charge in [-0.3, -0.25) is 9.78 Å². The van der Waals surface area contributed by atoms with Gasteiger partial charge in [0.25, 0.3) is 5.91 Å².